The van der Waals surface area contributed by atoms with Gasteiger partial charge in [0.1, 0.15) is 11.5 Å². The highest BCUT2D eigenvalue weighted by Gasteiger charge is 2.13. The van der Waals surface area contributed by atoms with Crippen LogP contribution in [0.25, 0.3) is 22.2 Å². The lowest BCUT2D eigenvalue weighted by Crippen LogP contribution is -2.24. The molecule has 0 amide bonds. The van der Waals surface area contributed by atoms with Crippen molar-refractivity contribution >= 4 is 16.7 Å². The van der Waals surface area contributed by atoms with E-state index in [1.165, 1.54) is 25.7 Å². The van der Waals surface area contributed by atoms with Crippen molar-refractivity contribution in [2.24, 2.45) is 0 Å². The fraction of sp³-hybridized carbons (Fsp3) is 0.333. The first kappa shape index (κ1) is 13.3. The molecule has 0 spiro atoms. The Balaban J connectivity index is 1.72. The van der Waals surface area contributed by atoms with Crippen LogP contribution in [0.1, 0.15) is 25.7 Å². The van der Waals surface area contributed by atoms with Crippen molar-refractivity contribution in [1.82, 2.24) is 15.2 Å². The van der Waals surface area contributed by atoms with Crippen molar-refractivity contribution in [2.45, 2.75) is 25.7 Å². The lowest BCUT2D eigenvalue weighted by molar-refractivity contribution is 0.726. The maximum Gasteiger partial charge on any atom is 0.129 e. The summed E-state index contributed by atoms with van der Waals surface area (Å²) in [5.74, 6) is 1.08. The third kappa shape index (κ3) is 2.45. The van der Waals surface area contributed by atoms with Crippen LogP contribution >= 0.6 is 0 Å². The molecule has 0 aliphatic carbocycles. The van der Waals surface area contributed by atoms with Gasteiger partial charge in [-0.15, -0.1) is 0 Å². The SMILES string of the molecule is c1ccc2c(-c3ccnc(N4CCCCCC4)c3)n[nH]c2c1. The Bertz CT molecular complexity index is 769. The monoisotopic (exact) mass is 292 g/mol. The number of aromatic amines is 1. The zero-order chi connectivity index (χ0) is 14.8. The summed E-state index contributed by atoms with van der Waals surface area (Å²) >= 11 is 0. The Hall–Kier alpha value is -2.36. The number of nitrogens with zero attached hydrogens (tertiary/aromatic N) is 3. The molecule has 3 heterocycles. The Morgan fingerprint density at radius 1 is 0.955 bits per heavy atom. The number of hydrogen-bond donors (Lipinski definition) is 1. The molecule has 0 unspecified atom stereocenters. The van der Waals surface area contributed by atoms with Gasteiger partial charge < -0.3 is 4.90 Å². The Labute approximate surface area is 130 Å². The number of aromatic nitrogens is 3. The van der Waals surface area contributed by atoms with Crippen LogP contribution in [0.4, 0.5) is 5.82 Å². The summed E-state index contributed by atoms with van der Waals surface area (Å²) in [5, 5.41) is 8.77. The number of hydrogen-bond acceptors (Lipinski definition) is 3. The fourth-order valence-corrected chi connectivity index (χ4v) is 3.22. The molecule has 1 saturated heterocycles. The molecule has 1 aliphatic heterocycles. The van der Waals surface area contributed by atoms with Gasteiger partial charge in [-0.25, -0.2) is 4.98 Å². The summed E-state index contributed by atoms with van der Waals surface area (Å²) in [6.07, 6.45) is 7.09. The van der Waals surface area contributed by atoms with E-state index in [9.17, 15) is 0 Å². The van der Waals surface area contributed by atoms with E-state index in [-0.39, 0.29) is 0 Å². The van der Waals surface area contributed by atoms with Gasteiger partial charge in [-0.3, -0.25) is 5.10 Å². The van der Waals surface area contributed by atoms with E-state index in [2.05, 4.69) is 44.3 Å². The van der Waals surface area contributed by atoms with Crippen molar-refractivity contribution in [2.75, 3.05) is 18.0 Å². The number of benzene rings is 1. The van der Waals surface area contributed by atoms with Crippen LogP contribution in [0, 0.1) is 0 Å². The molecule has 0 atom stereocenters. The third-order valence-corrected chi connectivity index (χ3v) is 4.42. The van der Waals surface area contributed by atoms with Crippen LogP contribution in [0.15, 0.2) is 42.6 Å². The van der Waals surface area contributed by atoms with E-state index >= 15 is 0 Å². The van der Waals surface area contributed by atoms with Crippen molar-refractivity contribution in [3.63, 3.8) is 0 Å². The van der Waals surface area contributed by atoms with Gasteiger partial charge in [-0.1, -0.05) is 31.0 Å². The van der Waals surface area contributed by atoms with E-state index in [0.717, 1.165) is 41.1 Å². The fourth-order valence-electron chi connectivity index (χ4n) is 3.22. The molecule has 4 nitrogen and oxygen atoms in total. The second-order valence-corrected chi connectivity index (χ2v) is 5.92. The summed E-state index contributed by atoms with van der Waals surface area (Å²) < 4.78 is 0. The molecular weight excluding hydrogens is 272 g/mol. The standard InChI is InChI=1S/C18H20N4/c1-2-6-12-22(11-5-1)17-13-14(9-10-19-17)18-15-7-3-4-8-16(15)20-21-18/h3-4,7-10,13H,1-2,5-6,11-12H2,(H,20,21). The number of fused-ring (bicyclic) bond motifs is 1. The highest BCUT2D eigenvalue weighted by molar-refractivity contribution is 5.93. The van der Waals surface area contributed by atoms with Crippen LogP contribution in [-0.2, 0) is 0 Å². The predicted molar refractivity (Wildman–Crippen MR) is 90.0 cm³/mol. The van der Waals surface area contributed by atoms with Gasteiger partial charge in [0.05, 0.1) is 5.52 Å². The van der Waals surface area contributed by atoms with Crippen LogP contribution in [0.3, 0.4) is 0 Å². The van der Waals surface area contributed by atoms with Crippen LogP contribution in [0.2, 0.25) is 0 Å². The zero-order valence-corrected chi connectivity index (χ0v) is 12.6. The van der Waals surface area contributed by atoms with Gasteiger partial charge in [0.25, 0.3) is 0 Å². The summed E-state index contributed by atoms with van der Waals surface area (Å²) in [5.41, 5.74) is 3.21. The molecular formula is C18H20N4. The lowest BCUT2D eigenvalue weighted by atomic mass is 10.1. The van der Waals surface area contributed by atoms with Gasteiger partial charge in [0, 0.05) is 30.2 Å². The van der Waals surface area contributed by atoms with Gasteiger partial charge in [0.2, 0.25) is 0 Å². The number of nitrogens with one attached hydrogen (secondary N) is 1. The Kier molecular flexibility index (Phi) is 3.51. The quantitative estimate of drug-likeness (QED) is 0.776. The highest BCUT2D eigenvalue weighted by atomic mass is 15.2. The number of pyridine rings is 1. The molecule has 3 aromatic rings. The lowest BCUT2D eigenvalue weighted by Gasteiger charge is -2.21. The number of H-pyrrole nitrogens is 1. The largest absolute Gasteiger partial charge is 0.357 e. The molecule has 22 heavy (non-hydrogen) atoms. The summed E-state index contributed by atoms with van der Waals surface area (Å²) in [6.45, 7) is 2.22. The van der Waals surface area contributed by atoms with Crippen molar-refractivity contribution in [3.8, 4) is 11.3 Å². The number of para-hydroxylation sites is 1. The Morgan fingerprint density at radius 3 is 2.64 bits per heavy atom. The van der Waals surface area contributed by atoms with Crippen LogP contribution in [0.5, 0.6) is 0 Å². The zero-order valence-electron chi connectivity index (χ0n) is 12.6. The van der Waals surface area contributed by atoms with Gasteiger partial charge in [-0.05, 0) is 31.0 Å². The first-order valence-electron chi connectivity index (χ1n) is 8.06. The van der Waals surface area contributed by atoms with Gasteiger partial charge in [-0.2, -0.15) is 5.10 Å². The summed E-state index contributed by atoms with van der Waals surface area (Å²) in [4.78, 5) is 6.99. The minimum atomic E-state index is 1.01. The van der Waals surface area contributed by atoms with Crippen LogP contribution < -0.4 is 4.90 Å². The highest BCUT2D eigenvalue weighted by Crippen LogP contribution is 2.28. The van der Waals surface area contributed by atoms with Gasteiger partial charge >= 0.3 is 0 Å². The molecule has 1 fully saturated rings. The van der Waals surface area contributed by atoms with E-state index in [4.69, 9.17) is 0 Å². The first-order valence-corrected chi connectivity index (χ1v) is 8.06. The molecule has 2 aromatic heterocycles. The molecule has 0 saturated carbocycles. The number of rotatable bonds is 2. The molecule has 1 N–H and O–H groups in total. The number of anilines is 1. The second kappa shape index (κ2) is 5.79. The van der Waals surface area contributed by atoms with Crippen molar-refractivity contribution in [3.05, 3.63) is 42.6 Å². The van der Waals surface area contributed by atoms with E-state index in [0.29, 0.717) is 0 Å². The molecule has 1 aliphatic rings. The molecule has 4 heteroatoms. The maximum absolute atomic E-state index is 4.58. The molecule has 4 rings (SSSR count). The Morgan fingerprint density at radius 2 is 1.77 bits per heavy atom. The molecule has 0 bridgehead atoms. The third-order valence-electron chi connectivity index (χ3n) is 4.42. The normalized spacial score (nSPS) is 15.9. The van der Waals surface area contributed by atoms with Crippen LogP contribution in [-0.4, -0.2) is 28.3 Å². The summed E-state index contributed by atoms with van der Waals surface area (Å²) in [6, 6.07) is 12.5. The first-order chi connectivity index (χ1) is 10.9. The minimum Gasteiger partial charge on any atom is -0.357 e. The minimum absolute atomic E-state index is 1.01. The van der Waals surface area contributed by atoms with Crippen molar-refractivity contribution in [1.29, 1.82) is 0 Å². The van der Waals surface area contributed by atoms with E-state index < -0.39 is 0 Å². The van der Waals surface area contributed by atoms with Crippen molar-refractivity contribution < 1.29 is 0 Å². The summed E-state index contributed by atoms with van der Waals surface area (Å²) in [7, 11) is 0. The second-order valence-electron chi connectivity index (χ2n) is 5.92. The van der Waals surface area contributed by atoms with Gasteiger partial charge in [0.15, 0.2) is 0 Å². The predicted octanol–water partition coefficient (Wildman–Crippen LogP) is 4.01. The topological polar surface area (TPSA) is 44.8 Å². The molecule has 112 valence electrons. The molecule has 1 aromatic carbocycles. The van der Waals surface area contributed by atoms with E-state index in [1.807, 2.05) is 18.3 Å². The maximum atomic E-state index is 4.58. The average Bonchev–Trinajstić information content (AvgIpc) is 2.81. The smallest absolute Gasteiger partial charge is 0.129 e. The molecule has 0 radical (unpaired) electrons. The average molecular weight is 292 g/mol. The van der Waals surface area contributed by atoms with E-state index in [1.54, 1.807) is 0 Å².